The van der Waals surface area contributed by atoms with Crippen LogP contribution in [0.4, 0.5) is 0 Å². The van der Waals surface area contributed by atoms with Crippen LogP contribution in [0.3, 0.4) is 0 Å². The monoisotopic (exact) mass is 295 g/mol. The summed E-state index contributed by atoms with van der Waals surface area (Å²) >= 11 is 0. The van der Waals surface area contributed by atoms with Gasteiger partial charge >= 0.3 is 0 Å². The Balaban J connectivity index is 2.13. The molecule has 0 aromatic heterocycles. The molecule has 0 aromatic rings. The molecule has 2 heteroatoms. The molecular formula is C19H37NO. The van der Waals surface area contributed by atoms with E-state index < -0.39 is 0 Å². The first kappa shape index (κ1) is 17.3. The lowest BCUT2D eigenvalue weighted by Crippen LogP contribution is -2.48. The van der Waals surface area contributed by atoms with Crippen molar-refractivity contribution in [2.24, 2.45) is 11.8 Å². The average Bonchev–Trinajstić information content (AvgIpc) is 2.54. The van der Waals surface area contributed by atoms with Crippen molar-refractivity contribution in [3.05, 3.63) is 0 Å². The highest BCUT2D eigenvalue weighted by Crippen LogP contribution is 2.46. The van der Waals surface area contributed by atoms with Crippen molar-refractivity contribution in [1.29, 1.82) is 0 Å². The number of rotatable bonds is 4. The van der Waals surface area contributed by atoms with Crippen molar-refractivity contribution in [2.75, 3.05) is 6.54 Å². The summed E-state index contributed by atoms with van der Waals surface area (Å²) in [5.74, 6) is 1.48. The summed E-state index contributed by atoms with van der Waals surface area (Å²) in [6.45, 7) is 12.5. The predicted octanol–water partition coefficient (Wildman–Crippen LogP) is 4.92. The molecule has 1 saturated carbocycles. The van der Waals surface area contributed by atoms with Crippen LogP contribution in [0.5, 0.6) is 0 Å². The minimum Gasteiger partial charge on any atom is -0.369 e. The molecule has 1 saturated heterocycles. The fourth-order valence-corrected chi connectivity index (χ4v) is 4.88. The maximum atomic E-state index is 6.38. The fraction of sp³-hybridized carbons (Fsp3) is 1.00. The number of hydrogen-bond donors (Lipinski definition) is 1. The Morgan fingerprint density at radius 3 is 2.05 bits per heavy atom. The molecule has 0 spiro atoms. The van der Waals surface area contributed by atoms with Gasteiger partial charge in [-0.05, 0) is 59.4 Å². The van der Waals surface area contributed by atoms with Crippen LogP contribution in [-0.2, 0) is 4.74 Å². The maximum absolute atomic E-state index is 6.38. The third-order valence-electron chi connectivity index (χ3n) is 5.67. The Labute approximate surface area is 132 Å². The Bertz CT molecular complexity index is 316. The van der Waals surface area contributed by atoms with Crippen molar-refractivity contribution in [1.82, 2.24) is 5.32 Å². The Morgan fingerprint density at radius 2 is 1.57 bits per heavy atom. The molecule has 1 heterocycles. The topological polar surface area (TPSA) is 21.3 Å². The van der Waals surface area contributed by atoms with Crippen LogP contribution in [-0.4, -0.2) is 23.8 Å². The number of nitrogens with one attached hydrogen (secondary N) is 1. The van der Waals surface area contributed by atoms with Gasteiger partial charge in [0, 0.05) is 12.0 Å². The lowest BCUT2D eigenvalue weighted by Gasteiger charge is -2.39. The molecule has 0 bridgehead atoms. The lowest BCUT2D eigenvalue weighted by molar-refractivity contribution is -0.0799. The third kappa shape index (κ3) is 4.45. The maximum Gasteiger partial charge on any atom is 0.0677 e. The van der Waals surface area contributed by atoms with Gasteiger partial charge in [0.2, 0.25) is 0 Å². The SMILES string of the molecule is CCNC(C1CCCCCCC1)C1CC(C)(C)OC1(C)C. The van der Waals surface area contributed by atoms with Crippen LogP contribution in [0.15, 0.2) is 0 Å². The Morgan fingerprint density at radius 1 is 1.00 bits per heavy atom. The van der Waals surface area contributed by atoms with Crippen LogP contribution in [0.25, 0.3) is 0 Å². The molecule has 2 fully saturated rings. The molecule has 21 heavy (non-hydrogen) atoms. The van der Waals surface area contributed by atoms with E-state index in [1.807, 2.05) is 0 Å². The van der Waals surface area contributed by atoms with Crippen molar-refractivity contribution in [2.45, 2.75) is 103 Å². The van der Waals surface area contributed by atoms with Gasteiger partial charge in [0.15, 0.2) is 0 Å². The van der Waals surface area contributed by atoms with Gasteiger partial charge in [-0.15, -0.1) is 0 Å². The predicted molar refractivity (Wildman–Crippen MR) is 90.6 cm³/mol. The lowest BCUT2D eigenvalue weighted by atomic mass is 9.73. The van der Waals surface area contributed by atoms with Gasteiger partial charge in [-0.1, -0.05) is 39.0 Å². The van der Waals surface area contributed by atoms with E-state index in [-0.39, 0.29) is 11.2 Å². The van der Waals surface area contributed by atoms with Gasteiger partial charge in [0.1, 0.15) is 0 Å². The summed E-state index contributed by atoms with van der Waals surface area (Å²) < 4.78 is 6.38. The molecule has 0 amide bonds. The number of hydrogen-bond acceptors (Lipinski definition) is 2. The van der Waals surface area contributed by atoms with Crippen LogP contribution in [0.2, 0.25) is 0 Å². The van der Waals surface area contributed by atoms with Gasteiger partial charge in [-0.25, -0.2) is 0 Å². The average molecular weight is 296 g/mol. The zero-order valence-electron chi connectivity index (χ0n) is 15.0. The number of ether oxygens (including phenoxy) is 1. The second-order valence-corrected chi connectivity index (χ2v) is 8.46. The zero-order valence-corrected chi connectivity index (χ0v) is 15.0. The van der Waals surface area contributed by atoms with Crippen LogP contribution in [0.1, 0.15) is 86.0 Å². The highest BCUT2D eigenvalue weighted by atomic mass is 16.5. The molecule has 2 aliphatic rings. The largest absolute Gasteiger partial charge is 0.369 e. The normalized spacial score (nSPS) is 31.6. The minimum atomic E-state index is -0.00129. The minimum absolute atomic E-state index is 0.00129. The Hall–Kier alpha value is -0.0800. The molecule has 0 aromatic carbocycles. The molecule has 2 nitrogen and oxygen atoms in total. The molecule has 1 aliphatic heterocycles. The van der Waals surface area contributed by atoms with E-state index in [0.717, 1.165) is 12.5 Å². The van der Waals surface area contributed by atoms with E-state index in [1.54, 1.807) is 0 Å². The van der Waals surface area contributed by atoms with Gasteiger partial charge < -0.3 is 10.1 Å². The van der Waals surface area contributed by atoms with E-state index in [1.165, 1.54) is 51.4 Å². The first-order valence-electron chi connectivity index (χ1n) is 9.29. The second-order valence-electron chi connectivity index (χ2n) is 8.46. The fourth-order valence-electron chi connectivity index (χ4n) is 4.88. The summed E-state index contributed by atoms with van der Waals surface area (Å²) in [6, 6.07) is 0.630. The summed E-state index contributed by atoms with van der Waals surface area (Å²) in [7, 11) is 0. The second kappa shape index (κ2) is 7.00. The standard InChI is InChI=1S/C19H37NO/c1-6-20-17(15-12-10-8-7-9-11-13-15)16-14-18(2,3)21-19(16,4)5/h15-17,20H,6-14H2,1-5H3. The van der Waals surface area contributed by atoms with E-state index in [9.17, 15) is 0 Å². The van der Waals surface area contributed by atoms with Gasteiger partial charge in [0.05, 0.1) is 11.2 Å². The van der Waals surface area contributed by atoms with Gasteiger partial charge in [-0.3, -0.25) is 0 Å². The zero-order chi connectivity index (χ0) is 15.5. The van der Waals surface area contributed by atoms with Crippen LogP contribution in [0, 0.1) is 11.8 Å². The molecule has 2 atom stereocenters. The van der Waals surface area contributed by atoms with E-state index in [2.05, 4.69) is 39.9 Å². The van der Waals surface area contributed by atoms with Gasteiger partial charge in [-0.2, -0.15) is 0 Å². The Kier molecular flexibility index (Phi) is 5.76. The summed E-state index contributed by atoms with van der Waals surface area (Å²) in [6.07, 6.45) is 11.2. The van der Waals surface area contributed by atoms with E-state index in [4.69, 9.17) is 4.74 Å². The quantitative estimate of drug-likeness (QED) is 0.795. The smallest absolute Gasteiger partial charge is 0.0677 e. The first-order chi connectivity index (χ1) is 9.86. The molecule has 124 valence electrons. The molecule has 1 N–H and O–H groups in total. The van der Waals surface area contributed by atoms with E-state index in [0.29, 0.717) is 12.0 Å². The van der Waals surface area contributed by atoms with Crippen LogP contribution >= 0.6 is 0 Å². The third-order valence-corrected chi connectivity index (χ3v) is 5.67. The molecule has 0 radical (unpaired) electrons. The molecular weight excluding hydrogens is 258 g/mol. The summed E-state index contributed by atoms with van der Waals surface area (Å²) in [5.41, 5.74) is 0.0299. The highest BCUT2D eigenvalue weighted by Gasteiger charge is 2.50. The summed E-state index contributed by atoms with van der Waals surface area (Å²) in [5, 5.41) is 3.86. The summed E-state index contributed by atoms with van der Waals surface area (Å²) in [4.78, 5) is 0. The van der Waals surface area contributed by atoms with Crippen molar-refractivity contribution < 1.29 is 4.74 Å². The van der Waals surface area contributed by atoms with E-state index >= 15 is 0 Å². The van der Waals surface area contributed by atoms with Crippen LogP contribution < -0.4 is 5.32 Å². The van der Waals surface area contributed by atoms with Crippen molar-refractivity contribution in [3.8, 4) is 0 Å². The molecule has 1 aliphatic carbocycles. The van der Waals surface area contributed by atoms with Gasteiger partial charge in [0.25, 0.3) is 0 Å². The molecule has 2 rings (SSSR count). The van der Waals surface area contributed by atoms with Crippen molar-refractivity contribution >= 4 is 0 Å². The first-order valence-corrected chi connectivity index (χ1v) is 9.29. The van der Waals surface area contributed by atoms with Crippen molar-refractivity contribution in [3.63, 3.8) is 0 Å². The molecule has 2 unspecified atom stereocenters. The highest BCUT2D eigenvalue weighted by molar-refractivity contribution is 5.01.